The number of hydrogen-bond donors (Lipinski definition) is 3. The molecule has 1 unspecified atom stereocenters. The van der Waals surface area contributed by atoms with Gasteiger partial charge in [0.25, 0.3) is 5.91 Å². The minimum atomic E-state index is -4.95. The summed E-state index contributed by atoms with van der Waals surface area (Å²) < 4.78 is 42.3. The SMILES string of the molecule is CSc1ccc(C=CC(=O)N2CCC(C(=O)NC(CNC(=O)c3cnn(-c4ccccc4)c3C(F)(F)F)C(=O)O)CC2)c(Cl)c1Cl. The van der Waals surface area contributed by atoms with E-state index in [2.05, 4.69) is 15.7 Å². The van der Waals surface area contributed by atoms with Gasteiger partial charge >= 0.3 is 12.1 Å². The molecule has 16 heteroatoms. The molecule has 0 aliphatic carbocycles. The Morgan fingerprint density at radius 2 is 1.76 bits per heavy atom. The molecule has 2 aromatic carbocycles. The van der Waals surface area contributed by atoms with Crippen LogP contribution in [0.5, 0.6) is 0 Å². The summed E-state index contributed by atoms with van der Waals surface area (Å²) in [4.78, 5) is 52.6. The van der Waals surface area contributed by atoms with Crippen LogP contribution in [0.15, 0.2) is 59.6 Å². The minimum absolute atomic E-state index is 0.0728. The molecule has 2 heterocycles. The molecule has 1 saturated heterocycles. The number of halogens is 5. The maximum Gasteiger partial charge on any atom is 0.434 e. The molecule has 0 bridgehead atoms. The Morgan fingerprint density at radius 1 is 1.09 bits per heavy atom. The fourth-order valence-corrected chi connectivity index (χ4v) is 5.97. The number of carbonyl (C=O) groups excluding carboxylic acids is 3. The number of carbonyl (C=O) groups is 4. The van der Waals surface area contributed by atoms with Gasteiger partial charge < -0.3 is 20.6 Å². The monoisotopic (exact) mass is 697 g/mol. The van der Waals surface area contributed by atoms with Gasteiger partial charge in [-0.2, -0.15) is 18.3 Å². The Bertz CT molecular complexity index is 1640. The van der Waals surface area contributed by atoms with Gasteiger partial charge in [-0.1, -0.05) is 47.5 Å². The van der Waals surface area contributed by atoms with E-state index >= 15 is 0 Å². The standard InChI is InChI=1S/C30H28Cl2F3N5O5S/c1-46-22-9-7-17(24(31)25(22)32)8-10-23(41)39-13-11-18(12-14-39)27(42)38-21(29(44)45)16-36-28(43)20-15-37-40(26(20)30(33,34)35)19-5-3-2-4-6-19/h2-10,15,18,21H,11-14,16H2,1H3,(H,36,43)(H,38,42)(H,44,45). The number of hydrogen-bond acceptors (Lipinski definition) is 6. The van der Waals surface area contributed by atoms with Gasteiger partial charge in [0.1, 0.15) is 6.04 Å². The highest BCUT2D eigenvalue weighted by atomic mass is 35.5. The topological polar surface area (TPSA) is 134 Å². The number of thioether (sulfide) groups is 1. The van der Waals surface area contributed by atoms with Crippen molar-refractivity contribution >= 4 is 64.7 Å². The van der Waals surface area contributed by atoms with Crippen LogP contribution >= 0.6 is 35.0 Å². The number of aromatic nitrogens is 2. The molecule has 3 aromatic rings. The van der Waals surface area contributed by atoms with Gasteiger partial charge in [-0.15, -0.1) is 11.8 Å². The van der Waals surface area contributed by atoms with Crippen molar-refractivity contribution in [3.05, 3.63) is 81.6 Å². The minimum Gasteiger partial charge on any atom is -0.480 e. The van der Waals surface area contributed by atoms with E-state index in [0.717, 1.165) is 11.1 Å². The van der Waals surface area contributed by atoms with E-state index in [1.54, 1.807) is 24.3 Å². The first-order valence-corrected chi connectivity index (χ1v) is 15.8. The number of aliphatic carboxylic acids is 1. The maximum atomic E-state index is 13.9. The summed E-state index contributed by atoms with van der Waals surface area (Å²) in [5, 5.41) is 18.6. The summed E-state index contributed by atoms with van der Waals surface area (Å²) in [6.45, 7) is -0.233. The summed E-state index contributed by atoms with van der Waals surface area (Å²) in [5.74, 6) is -4.25. The van der Waals surface area contributed by atoms with Crippen molar-refractivity contribution in [2.75, 3.05) is 25.9 Å². The van der Waals surface area contributed by atoms with Crippen molar-refractivity contribution in [3.8, 4) is 5.69 Å². The molecule has 1 aliphatic rings. The van der Waals surface area contributed by atoms with E-state index in [0.29, 0.717) is 20.3 Å². The van der Waals surface area contributed by atoms with Gasteiger partial charge in [0.15, 0.2) is 5.69 Å². The number of para-hydroxylation sites is 1. The van der Waals surface area contributed by atoms with Crippen LogP contribution in [0, 0.1) is 5.92 Å². The summed E-state index contributed by atoms with van der Waals surface area (Å²) in [5.41, 5.74) is -1.49. The van der Waals surface area contributed by atoms with Crippen LogP contribution in [0.2, 0.25) is 10.0 Å². The molecule has 0 spiro atoms. The fraction of sp³-hybridized carbons (Fsp3) is 0.300. The van der Waals surface area contributed by atoms with Crippen molar-refractivity contribution in [1.29, 1.82) is 0 Å². The second-order valence-corrected chi connectivity index (χ2v) is 11.8. The number of benzene rings is 2. The molecule has 0 saturated carbocycles. The Hall–Kier alpha value is -4.01. The number of piperidine rings is 1. The molecule has 1 aromatic heterocycles. The molecule has 3 N–H and O–H groups in total. The first-order chi connectivity index (χ1) is 21.8. The van der Waals surface area contributed by atoms with Crippen molar-refractivity contribution in [1.82, 2.24) is 25.3 Å². The van der Waals surface area contributed by atoms with Crippen LogP contribution in [0.4, 0.5) is 13.2 Å². The van der Waals surface area contributed by atoms with Crippen molar-refractivity contribution < 1.29 is 37.5 Å². The van der Waals surface area contributed by atoms with Gasteiger partial charge in [-0.05, 0) is 48.9 Å². The van der Waals surface area contributed by atoms with Gasteiger partial charge in [0.05, 0.1) is 27.5 Å². The van der Waals surface area contributed by atoms with Crippen LogP contribution < -0.4 is 10.6 Å². The predicted molar refractivity (Wildman–Crippen MR) is 167 cm³/mol. The number of carboxylic acids is 1. The number of rotatable bonds is 10. The largest absolute Gasteiger partial charge is 0.480 e. The molecule has 3 amide bonds. The third-order valence-electron chi connectivity index (χ3n) is 7.24. The fourth-order valence-electron chi connectivity index (χ4n) is 4.79. The highest BCUT2D eigenvalue weighted by Gasteiger charge is 2.41. The first kappa shape index (κ1) is 34.9. The van der Waals surface area contributed by atoms with E-state index in [4.69, 9.17) is 23.2 Å². The van der Waals surface area contributed by atoms with E-state index in [1.807, 2.05) is 6.26 Å². The lowest BCUT2D eigenvalue weighted by Gasteiger charge is -2.31. The molecule has 244 valence electrons. The Labute approximate surface area is 275 Å². The van der Waals surface area contributed by atoms with Crippen molar-refractivity contribution in [2.24, 2.45) is 5.92 Å². The molecule has 1 aliphatic heterocycles. The zero-order valence-corrected chi connectivity index (χ0v) is 26.5. The van der Waals surface area contributed by atoms with E-state index in [1.165, 1.54) is 47.0 Å². The van der Waals surface area contributed by atoms with Crippen LogP contribution in [-0.4, -0.2) is 75.4 Å². The molecule has 0 radical (unpaired) electrons. The van der Waals surface area contributed by atoms with Crippen molar-refractivity contribution in [3.63, 3.8) is 0 Å². The zero-order chi connectivity index (χ0) is 33.6. The first-order valence-electron chi connectivity index (χ1n) is 13.8. The summed E-state index contributed by atoms with van der Waals surface area (Å²) in [7, 11) is 0. The lowest BCUT2D eigenvalue weighted by Crippen LogP contribution is -2.51. The Morgan fingerprint density at radius 3 is 2.37 bits per heavy atom. The van der Waals surface area contributed by atoms with Crippen LogP contribution in [0.25, 0.3) is 11.8 Å². The predicted octanol–water partition coefficient (Wildman–Crippen LogP) is 5.17. The molecule has 1 atom stereocenters. The van der Waals surface area contributed by atoms with Crippen LogP contribution in [0.3, 0.4) is 0 Å². The highest BCUT2D eigenvalue weighted by molar-refractivity contribution is 7.98. The quantitative estimate of drug-likeness (QED) is 0.197. The van der Waals surface area contributed by atoms with Gasteiger partial charge in [0.2, 0.25) is 11.8 Å². The zero-order valence-electron chi connectivity index (χ0n) is 24.2. The summed E-state index contributed by atoms with van der Waals surface area (Å²) in [6.07, 6.45) is 1.05. The second kappa shape index (κ2) is 15.1. The van der Waals surface area contributed by atoms with E-state index < -0.39 is 53.7 Å². The Kier molecular flexibility index (Phi) is 11.4. The smallest absolute Gasteiger partial charge is 0.434 e. The molecular weight excluding hydrogens is 670 g/mol. The molecule has 4 rings (SSSR count). The molecule has 46 heavy (non-hydrogen) atoms. The number of nitrogens with zero attached hydrogens (tertiary/aromatic N) is 3. The third kappa shape index (κ3) is 8.22. The normalized spacial score (nSPS) is 14.7. The number of amides is 3. The summed E-state index contributed by atoms with van der Waals surface area (Å²) in [6, 6.07) is 9.31. The highest BCUT2D eigenvalue weighted by Crippen LogP contribution is 2.35. The number of carboxylic acid groups (broad SMARTS) is 1. The van der Waals surface area contributed by atoms with Crippen LogP contribution in [-0.2, 0) is 20.6 Å². The van der Waals surface area contributed by atoms with Crippen molar-refractivity contribution in [2.45, 2.75) is 30.0 Å². The van der Waals surface area contributed by atoms with E-state index in [-0.39, 0.29) is 37.5 Å². The molecule has 1 fully saturated rings. The average Bonchev–Trinajstić information content (AvgIpc) is 3.50. The second-order valence-electron chi connectivity index (χ2n) is 10.2. The molecular formula is C30H28Cl2F3N5O5S. The molecule has 10 nitrogen and oxygen atoms in total. The van der Waals surface area contributed by atoms with Gasteiger partial charge in [-0.3, -0.25) is 14.4 Å². The van der Waals surface area contributed by atoms with Gasteiger partial charge in [-0.25, -0.2) is 9.48 Å². The van der Waals surface area contributed by atoms with Crippen LogP contribution in [0.1, 0.15) is 34.5 Å². The third-order valence-corrected chi connectivity index (χ3v) is 9.03. The number of likely N-dealkylation sites (tertiary alicyclic amines) is 1. The average molecular weight is 699 g/mol. The lowest BCUT2D eigenvalue weighted by molar-refractivity contribution is -0.143. The lowest BCUT2D eigenvalue weighted by atomic mass is 9.95. The summed E-state index contributed by atoms with van der Waals surface area (Å²) >= 11 is 14.0. The maximum absolute atomic E-state index is 13.9. The Balaban J connectivity index is 1.33. The van der Waals surface area contributed by atoms with E-state index in [9.17, 15) is 37.5 Å². The number of alkyl halides is 3. The number of nitrogens with one attached hydrogen (secondary N) is 2. The van der Waals surface area contributed by atoms with Gasteiger partial charge in [0, 0.05) is 36.5 Å².